The predicted molar refractivity (Wildman–Crippen MR) is 33.9 cm³/mol. The van der Waals surface area contributed by atoms with E-state index < -0.39 is 11.1 Å². The van der Waals surface area contributed by atoms with Crippen LogP contribution in [-0.4, -0.2) is 17.7 Å². The number of hydrogen-bond donors (Lipinski definition) is 1. The minimum atomic E-state index is -1.02. The number of carbonyl (C=O) groups is 1. The summed E-state index contributed by atoms with van der Waals surface area (Å²) in [5, 5.41) is 6.69. The Hall–Kier alpha value is -0.730. The van der Waals surface area contributed by atoms with Crippen LogP contribution < -0.4 is 0 Å². The smallest absolute Gasteiger partial charge is 0.179 e. The molecule has 0 radical (unpaired) electrons. The van der Waals surface area contributed by atoms with Gasteiger partial charge in [-0.2, -0.15) is 0 Å². The molecule has 2 nitrogen and oxygen atoms in total. The average Bonchev–Trinajstić information content (AvgIpc) is 1.77. The van der Waals surface area contributed by atoms with Crippen LogP contribution in [0.25, 0.3) is 0 Å². The van der Waals surface area contributed by atoms with Crippen molar-refractivity contribution in [3.63, 3.8) is 0 Å². The summed E-state index contributed by atoms with van der Waals surface area (Å²) in [7, 11) is 0. The van der Waals surface area contributed by atoms with Crippen molar-refractivity contribution >= 4 is 12.0 Å². The van der Waals surface area contributed by atoms with E-state index in [4.69, 9.17) is 5.41 Å². The molecule has 0 aromatic rings. The number of ketones is 1. The summed E-state index contributed by atoms with van der Waals surface area (Å²) in [6.45, 7) is 0. The van der Waals surface area contributed by atoms with Gasteiger partial charge in [0.15, 0.2) is 5.78 Å². The van der Waals surface area contributed by atoms with Crippen molar-refractivity contribution in [3.05, 3.63) is 0 Å². The minimum Gasteiger partial charge on any atom is -0.305 e. The summed E-state index contributed by atoms with van der Waals surface area (Å²) < 4.78 is 12.8. The minimum absolute atomic E-state index is 0.188. The molecule has 0 unspecified atom stereocenters. The van der Waals surface area contributed by atoms with E-state index in [9.17, 15) is 9.18 Å². The maximum absolute atomic E-state index is 12.8. The molecule has 3 heteroatoms. The van der Waals surface area contributed by atoms with Crippen molar-refractivity contribution in [2.75, 3.05) is 0 Å². The van der Waals surface area contributed by atoms with Gasteiger partial charge in [-0.3, -0.25) is 4.79 Å². The Morgan fingerprint density at radius 2 is 2.00 bits per heavy atom. The SMILES string of the molecule is N=CC(=O)C12CC(F)(C1)C2. The molecule has 0 aromatic carbocycles. The Labute approximate surface area is 57.9 Å². The van der Waals surface area contributed by atoms with Crippen LogP contribution >= 0.6 is 0 Å². The van der Waals surface area contributed by atoms with Gasteiger partial charge >= 0.3 is 0 Å². The van der Waals surface area contributed by atoms with E-state index in [-0.39, 0.29) is 5.78 Å². The maximum atomic E-state index is 12.8. The van der Waals surface area contributed by atoms with Gasteiger partial charge in [-0.05, 0) is 19.3 Å². The first-order valence-electron chi connectivity index (χ1n) is 3.34. The van der Waals surface area contributed by atoms with Crippen LogP contribution in [0.15, 0.2) is 0 Å². The van der Waals surface area contributed by atoms with Crippen molar-refractivity contribution in [1.29, 1.82) is 5.41 Å². The fraction of sp³-hybridized carbons (Fsp3) is 0.714. The van der Waals surface area contributed by atoms with Crippen LogP contribution in [0.2, 0.25) is 0 Å². The van der Waals surface area contributed by atoms with Gasteiger partial charge in [0.25, 0.3) is 0 Å². The second-order valence-corrected chi connectivity index (χ2v) is 3.47. The van der Waals surface area contributed by atoms with Gasteiger partial charge in [0.2, 0.25) is 0 Å². The summed E-state index contributed by atoms with van der Waals surface area (Å²) >= 11 is 0. The van der Waals surface area contributed by atoms with Gasteiger partial charge in [0, 0.05) is 5.41 Å². The predicted octanol–water partition coefficient (Wildman–Crippen LogP) is 1.10. The second-order valence-electron chi connectivity index (χ2n) is 3.47. The number of rotatable bonds is 2. The Morgan fingerprint density at radius 1 is 1.50 bits per heavy atom. The number of nitrogens with one attached hydrogen (secondary N) is 1. The molecule has 3 fully saturated rings. The molecule has 3 rings (SSSR count). The highest BCUT2D eigenvalue weighted by atomic mass is 19.1. The van der Waals surface area contributed by atoms with Gasteiger partial charge in [0.1, 0.15) is 5.67 Å². The van der Waals surface area contributed by atoms with Crippen LogP contribution in [-0.2, 0) is 4.79 Å². The van der Waals surface area contributed by atoms with Crippen LogP contribution in [0, 0.1) is 10.8 Å². The molecule has 0 heterocycles. The number of hydrogen-bond acceptors (Lipinski definition) is 2. The van der Waals surface area contributed by atoms with E-state index in [2.05, 4.69) is 0 Å². The summed E-state index contributed by atoms with van der Waals surface area (Å²) in [5.41, 5.74) is -1.44. The topological polar surface area (TPSA) is 40.9 Å². The first-order valence-corrected chi connectivity index (χ1v) is 3.34. The molecule has 0 amide bonds. The van der Waals surface area contributed by atoms with E-state index in [1.807, 2.05) is 0 Å². The van der Waals surface area contributed by atoms with E-state index in [1.165, 1.54) is 0 Å². The number of alkyl halides is 1. The zero-order valence-electron chi connectivity index (χ0n) is 5.48. The largest absolute Gasteiger partial charge is 0.305 e. The zero-order valence-corrected chi connectivity index (χ0v) is 5.48. The fourth-order valence-corrected chi connectivity index (χ4v) is 2.08. The molecule has 3 aliphatic carbocycles. The van der Waals surface area contributed by atoms with Crippen LogP contribution in [0.5, 0.6) is 0 Å². The molecule has 0 aromatic heterocycles. The monoisotopic (exact) mass is 141 g/mol. The molecule has 0 atom stereocenters. The third-order valence-corrected chi connectivity index (χ3v) is 2.62. The zero-order chi connectivity index (χ0) is 7.41. The molecule has 0 saturated heterocycles. The van der Waals surface area contributed by atoms with Gasteiger partial charge in [-0.15, -0.1) is 0 Å². The number of Topliss-reactive ketones (excluding diaryl/α,β-unsaturated/α-hetero) is 1. The third-order valence-electron chi connectivity index (χ3n) is 2.62. The lowest BCUT2D eigenvalue weighted by Gasteiger charge is -2.64. The Morgan fingerprint density at radius 3 is 2.30 bits per heavy atom. The Balaban J connectivity index is 2.11. The summed E-state index contributed by atoms with van der Waals surface area (Å²) in [6.07, 6.45) is 1.93. The lowest BCUT2D eigenvalue weighted by Crippen LogP contribution is -2.68. The summed E-state index contributed by atoms with van der Waals surface area (Å²) in [6, 6.07) is 0. The molecule has 10 heavy (non-hydrogen) atoms. The van der Waals surface area contributed by atoms with Crippen molar-refractivity contribution in [3.8, 4) is 0 Å². The first kappa shape index (κ1) is 6.01. The van der Waals surface area contributed by atoms with E-state index in [1.54, 1.807) is 0 Å². The van der Waals surface area contributed by atoms with Gasteiger partial charge in [0.05, 0.1) is 6.21 Å². The highest BCUT2D eigenvalue weighted by Gasteiger charge is 2.72. The lowest BCUT2D eigenvalue weighted by atomic mass is 9.41. The van der Waals surface area contributed by atoms with Crippen LogP contribution in [0.3, 0.4) is 0 Å². The van der Waals surface area contributed by atoms with Crippen molar-refractivity contribution in [2.24, 2.45) is 5.41 Å². The molecule has 2 bridgehead atoms. The molecular weight excluding hydrogens is 133 g/mol. The van der Waals surface area contributed by atoms with Crippen LogP contribution in [0.1, 0.15) is 19.3 Å². The fourth-order valence-electron chi connectivity index (χ4n) is 2.08. The van der Waals surface area contributed by atoms with E-state index in [0.717, 1.165) is 6.21 Å². The van der Waals surface area contributed by atoms with Gasteiger partial charge in [-0.25, -0.2) is 4.39 Å². The van der Waals surface area contributed by atoms with Crippen LogP contribution in [0.4, 0.5) is 4.39 Å². The lowest BCUT2D eigenvalue weighted by molar-refractivity contribution is -0.205. The number of carbonyl (C=O) groups excluding carboxylic acids is 1. The highest BCUT2D eigenvalue weighted by Crippen LogP contribution is 2.69. The molecule has 54 valence electrons. The first-order chi connectivity index (χ1) is 4.60. The average molecular weight is 141 g/mol. The van der Waals surface area contributed by atoms with Crippen molar-refractivity contribution < 1.29 is 9.18 Å². The Kier molecular flexibility index (Phi) is 0.787. The maximum Gasteiger partial charge on any atom is 0.179 e. The number of halogens is 1. The second kappa shape index (κ2) is 1.31. The van der Waals surface area contributed by atoms with E-state index >= 15 is 0 Å². The van der Waals surface area contributed by atoms with Crippen molar-refractivity contribution in [1.82, 2.24) is 0 Å². The highest BCUT2D eigenvalue weighted by molar-refractivity contribution is 6.29. The molecule has 1 N–H and O–H groups in total. The summed E-state index contributed by atoms with van der Waals surface area (Å²) in [4.78, 5) is 10.9. The van der Waals surface area contributed by atoms with Gasteiger partial charge < -0.3 is 5.41 Å². The molecular formula is C7H8FNO. The molecule has 0 spiro atoms. The van der Waals surface area contributed by atoms with Crippen molar-refractivity contribution in [2.45, 2.75) is 24.9 Å². The molecule has 3 aliphatic rings. The third kappa shape index (κ3) is 0.448. The van der Waals surface area contributed by atoms with Gasteiger partial charge in [-0.1, -0.05) is 0 Å². The normalized spacial score (nSPS) is 48.9. The quantitative estimate of drug-likeness (QED) is 0.575. The Bertz CT molecular complexity index is 204. The molecule has 3 saturated carbocycles. The molecule has 0 aliphatic heterocycles. The standard InChI is InChI=1S/C7H8FNO/c8-7-2-6(3-7,4-7)5(10)1-9/h1,9H,2-4H2. The van der Waals surface area contributed by atoms with E-state index in [0.29, 0.717) is 19.3 Å². The summed E-state index contributed by atoms with van der Waals surface area (Å²) in [5.74, 6) is -0.188.